The molecule has 0 saturated carbocycles. The standard InChI is InChI=1S/C32H22FN3O2S/c1-36-26-17-23(12-14-27(26)38-32(36)37)22-13-15-28-25(16-22)30(33)29(39-28)18-24(19-34)35-31(20-8-4-2-5-9-20)21-10-6-3-7-11-21/h2-17,24H,18H2,1H3. The molecule has 2 aromatic heterocycles. The van der Waals surface area contributed by atoms with E-state index in [9.17, 15) is 10.1 Å². The van der Waals surface area contributed by atoms with Gasteiger partial charge in [-0.3, -0.25) is 9.56 Å². The van der Waals surface area contributed by atoms with Crippen molar-refractivity contribution in [2.24, 2.45) is 12.0 Å². The number of nitrogens with zero attached hydrogens (tertiary/aromatic N) is 3. The lowest BCUT2D eigenvalue weighted by Gasteiger charge is -2.10. The summed E-state index contributed by atoms with van der Waals surface area (Å²) >= 11 is 1.34. The molecule has 0 bridgehead atoms. The van der Waals surface area contributed by atoms with Gasteiger partial charge in [-0.1, -0.05) is 72.8 Å². The molecule has 0 fully saturated rings. The van der Waals surface area contributed by atoms with E-state index in [1.807, 2.05) is 91.0 Å². The minimum absolute atomic E-state index is 0.170. The number of fused-ring (bicyclic) bond motifs is 2. The normalized spacial score (nSPS) is 11.9. The number of aromatic nitrogens is 1. The van der Waals surface area contributed by atoms with Crippen molar-refractivity contribution in [3.63, 3.8) is 0 Å². The maximum Gasteiger partial charge on any atom is 0.419 e. The Balaban J connectivity index is 1.36. The molecular formula is C32H22FN3O2S. The lowest BCUT2D eigenvalue weighted by atomic mass is 10.0. The second kappa shape index (κ2) is 10.2. The van der Waals surface area contributed by atoms with Crippen molar-refractivity contribution in [1.29, 1.82) is 5.26 Å². The van der Waals surface area contributed by atoms with Crippen molar-refractivity contribution in [2.45, 2.75) is 12.5 Å². The van der Waals surface area contributed by atoms with Crippen LogP contribution in [0.2, 0.25) is 0 Å². The maximum absolute atomic E-state index is 15.7. The molecule has 5 nitrogen and oxygen atoms in total. The smallest absolute Gasteiger partial charge is 0.408 e. The molecule has 39 heavy (non-hydrogen) atoms. The summed E-state index contributed by atoms with van der Waals surface area (Å²) in [4.78, 5) is 17.2. The van der Waals surface area contributed by atoms with Crippen molar-refractivity contribution in [2.75, 3.05) is 0 Å². The number of hydrogen-bond donors (Lipinski definition) is 0. The van der Waals surface area contributed by atoms with Crippen LogP contribution in [-0.4, -0.2) is 16.3 Å². The number of rotatable bonds is 6. The van der Waals surface area contributed by atoms with Crippen LogP contribution in [0.3, 0.4) is 0 Å². The largest absolute Gasteiger partial charge is 0.419 e. The lowest BCUT2D eigenvalue weighted by Crippen LogP contribution is -2.12. The van der Waals surface area contributed by atoms with Gasteiger partial charge in [-0.25, -0.2) is 9.18 Å². The van der Waals surface area contributed by atoms with E-state index in [0.717, 1.165) is 27.0 Å². The quantitative estimate of drug-likeness (QED) is 0.215. The van der Waals surface area contributed by atoms with Gasteiger partial charge in [0.25, 0.3) is 0 Å². The first-order valence-electron chi connectivity index (χ1n) is 12.4. The average molecular weight is 532 g/mol. The number of aliphatic imine (C=N–C) groups is 1. The maximum atomic E-state index is 15.7. The van der Waals surface area contributed by atoms with Gasteiger partial charge in [0.2, 0.25) is 0 Å². The van der Waals surface area contributed by atoms with E-state index < -0.39 is 11.8 Å². The van der Waals surface area contributed by atoms with E-state index in [1.54, 1.807) is 13.1 Å². The molecule has 0 aliphatic carbocycles. The first-order valence-corrected chi connectivity index (χ1v) is 13.2. The molecule has 7 heteroatoms. The van der Waals surface area contributed by atoms with Gasteiger partial charge < -0.3 is 4.42 Å². The SMILES string of the molecule is Cn1c(=O)oc2ccc(-c3ccc4sc(CC(C#N)N=C(c5ccccc5)c5ccccc5)c(F)c4c3)cc21. The van der Waals surface area contributed by atoms with Gasteiger partial charge >= 0.3 is 5.76 Å². The van der Waals surface area contributed by atoms with E-state index in [4.69, 9.17) is 9.41 Å². The van der Waals surface area contributed by atoms with Crippen LogP contribution in [0.25, 0.3) is 32.3 Å². The summed E-state index contributed by atoms with van der Waals surface area (Å²) in [6.45, 7) is 0. The second-order valence-electron chi connectivity index (χ2n) is 9.22. The Labute approximate surface area is 227 Å². The summed E-state index contributed by atoms with van der Waals surface area (Å²) in [5.41, 5.74) is 5.36. The molecule has 4 aromatic carbocycles. The van der Waals surface area contributed by atoms with Crippen LogP contribution in [0.4, 0.5) is 4.39 Å². The summed E-state index contributed by atoms with van der Waals surface area (Å²) in [6.07, 6.45) is 0.170. The number of oxazole rings is 1. The molecule has 1 unspecified atom stereocenters. The van der Waals surface area contributed by atoms with E-state index in [-0.39, 0.29) is 12.2 Å². The summed E-state index contributed by atoms with van der Waals surface area (Å²) in [7, 11) is 1.65. The van der Waals surface area contributed by atoms with Crippen LogP contribution >= 0.6 is 11.3 Å². The Morgan fingerprint density at radius 1 is 0.974 bits per heavy atom. The Bertz CT molecular complexity index is 1910. The highest BCUT2D eigenvalue weighted by Gasteiger charge is 2.19. The highest BCUT2D eigenvalue weighted by molar-refractivity contribution is 7.19. The predicted molar refractivity (Wildman–Crippen MR) is 154 cm³/mol. The van der Waals surface area contributed by atoms with Crippen molar-refractivity contribution in [3.05, 3.63) is 129 Å². The third kappa shape index (κ3) is 4.67. The van der Waals surface area contributed by atoms with E-state index >= 15 is 4.39 Å². The fourth-order valence-corrected chi connectivity index (χ4v) is 5.80. The summed E-state index contributed by atoms with van der Waals surface area (Å²) in [5.74, 6) is -0.756. The molecule has 0 radical (unpaired) electrons. The third-order valence-electron chi connectivity index (χ3n) is 6.73. The Morgan fingerprint density at radius 3 is 2.28 bits per heavy atom. The first-order chi connectivity index (χ1) is 19.0. The predicted octanol–water partition coefficient (Wildman–Crippen LogP) is 7.12. The second-order valence-corrected chi connectivity index (χ2v) is 10.4. The van der Waals surface area contributed by atoms with Crippen LogP contribution in [0.5, 0.6) is 0 Å². The van der Waals surface area contributed by atoms with Gasteiger partial charge in [-0.05, 0) is 35.4 Å². The van der Waals surface area contributed by atoms with E-state index in [2.05, 4.69) is 6.07 Å². The highest BCUT2D eigenvalue weighted by atomic mass is 32.1. The molecular weight excluding hydrogens is 509 g/mol. The molecule has 1 atom stereocenters. The van der Waals surface area contributed by atoms with Gasteiger partial charge in [-0.2, -0.15) is 5.26 Å². The van der Waals surface area contributed by atoms with E-state index in [0.29, 0.717) is 27.1 Å². The van der Waals surface area contributed by atoms with Gasteiger partial charge in [0.1, 0.15) is 11.9 Å². The van der Waals surface area contributed by atoms with Gasteiger partial charge in [0.05, 0.1) is 17.3 Å². The zero-order valence-electron chi connectivity index (χ0n) is 21.0. The Kier molecular flexibility index (Phi) is 6.39. The number of thiophene rings is 1. The van der Waals surface area contributed by atoms with Gasteiger partial charge in [0, 0.05) is 39.6 Å². The van der Waals surface area contributed by atoms with Crippen LogP contribution in [-0.2, 0) is 13.5 Å². The molecule has 0 aliphatic rings. The van der Waals surface area contributed by atoms with Crippen LogP contribution < -0.4 is 5.76 Å². The highest BCUT2D eigenvalue weighted by Crippen LogP contribution is 2.35. The molecule has 2 heterocycles. The number of benzene rings is 4. The van der Waals surface area contributed by atoms with Gasteiger partial charge in [-0.15, -0.1) is 11.3 Å². The van der Waals surface area contributed by atoms with Crippen molar-refractivity contribution in [3.8, 4) is 17.2 Å². The molecule has 0 spiro atoms. The third-order valence-corrected chi connectivity index (χ3v) is 7.89. The number of halogens is 1. The topological polar surface area (TPSA) is 71.3 Å². The number of aryl methyl sites for hydroxylation is 1. The summed E-state index contributed by atoms with van der Waals surface area (Å²) in [5, 5.41) is 10.5. The van der Waals surface area contributed by atoms with Crippen molar-refractivity contribution in [1.82, 2.24) is 4.57 Å². The Morgan fingerprint density at radius 2 is 1.62 bits per heavy atom. The zero-order chi connectivity index (χ0) is 26.9. The molecule has 0 amide bonds. The summed E-state index contributed by atoms with van der Waals surface area (Å²) < 4.78 is 23.2. The molecule has 6 aromatic rings. The lowest BCUT2D eigenvalue weighted by molar-refractivity contribution is 0.528. The van der Waals surface area contributed by atoms with Crippen LogP contribution in [0.1, 0.15) is 16.0 Å². The molecule has 0 saturated heterocycles. The molecule has 0 aliphatic heterocycles. The zero-order valence-corrected chi connectivity index (χ0v) is 21.8. The van der Waals surface area contributed by atoms with Crippen LogP contribution in [0.15, 0.2) is 111 Å². The summed E-state index contributed by atoms with van der Waals surface area (Å²) in [6, 6.07) is 32.1. The van der Waals surface area contributed by atoms with Crippen molar-refractivity contribution >= 4 is 38.2 Å². The number of nitriles is 1. The average Bonchev–Trinajstić information content (AvgIpc) is 3.45. The van der Waals surface area contributed by atoms with Crippen molar-refractivity contribution < 1.29 is 8.81 Å². The van der Waals surface area contributed by atoms with Gasteiger partial charge in [0.15, 0.2) is 5.58 Å². The monoisotopic (exact) mass is 531 g/mol. The molecule has 6 rings (SSSR count). The Hall–Kier alpha value is -4.80. The minimum atomic E-state index is -0.757. The van der Waals surface area contributed by atoms with Crippen LogP contribution in [0, 0.1) is 17.1 Å². The minimum Gasteiger partial charge on any atom is -0.408 e. The fourth-order valence-electron chi connectivity index (χ4n) is 4.69. The van der Waals surface area contributed by atoms with E-state index in [1.165, 1.54) is 15.9 Å². The fraction of sp³-hybridized carbons (Fsp3) is 0.0938. The molecule has 0 N–H and O–H groups in total. The number of hydrogen-bond acceptors (Lipinski definition) is 5. The first kappa shape index (κ1) is 24.5. The molecule has 190 valence electrons.